The van der Waals surface area contributed by atoms with Crippen LogP contribution in [0.25, 0.3) is 0 Å². The SMILES string of the molecule is Fc1ccccc1Oc1nccnc1C1CCCN(Cc2ncc[nH]2)C1. The first-order chi connectivity index (χ1) is 12.8. The number of nitrogens with zero attached hydrogens (tertiary/aromatic N) is 4. The summed E-state index contributed by atoms with van der Waals surface area (Å²) in [7, 11) is 0. The third-order valence-electron chi connectivity index (χ3n) is 4.55. The van der Waals surface area contributed by atoms with Crippen molar-refractivity contribution in [2.45, 2.75) is 25.3 Å². The molecule has 134 valence electrons. The number of nitrogens with one attached hydrogen (secondary N) is 1. The number of aromatic amines is 1. The van der Waals surface area contributed by atoms with E-state index in [1.54, 1.807) is 36.8 Å². The molecule has 0 radical (unpaired) electrons. The van der Waals surface area contributed by atoms with Crippen LogP contribution in [-0.2, 0) is 6.54 Å². The zero-order chi connectivity index (χ0) is 17.8. The molecule has 2 aromatic heterocycles. The van der Waals surface area contributed by atoms with Gasteiger partial charge < -0.3 is 9.72 Å². The molecule has 0 bridgehead atoms. The average Bonchev–Trinajstić information content (AvgIpc) is 3.17. The van der Waals surface area contributed by atoms with Crippen molar-refractivity contribution in [1.29, 1.82) is 0 Å². The highest BCUT2D eigenvalue weighted by atomic mass is 19.1. The van der Waals surface area contributed by atoms with E-state index in [9.17, 15) is 4.39 Å². The van der Waals surface area contributed by atoms with Gasteiger partial charge in [-0.2, -0.15) is 0 Å². The molecule has 0 saturated carbocycles. The molecule has 1 atom stereocenters. The minimum absolute atomic E-state index is 0.164. The van der Waals surface area contributed by atoms with Gasteiger partial charge in [-0.05, 0) is 31.5 Å². The normalized spacial score (nSPS) is 18.0. The van der Waals surface area contributed by atoms with Crippen LogP contribution in [0, 0.1) is 5.82 Å². The van der Waals surface area contributed by atoms with Crippen molar-refractivity contribution in [3.05, 3.63) is 66.4 Å². The van der Waals surface area contributed by atoms with E-state index >= 15 is 0 Å². The largest absolute Gasteiger partial charge is 0.434 e. The minimum atomic E-state index is -0.410. The maximum Gasteiger partial charge on any atom is 0.241 e. The molecule has 3 aromatic rings. The molecule has 1 fully saturated rings. The van der Waals surface area contributed by atoms with Gasteiger partial charge >= 0.3 is 0 Å². The molecule has 1 aliphatic rings. The molecule has 1 N–H and O–H groups in total. The molecule has 0 spiro atoms. The summed E-state index contributed by atoms with van der Waals surface area (Å²) >= 11 is 0. The summed E-state index contributed by atoms with van der Waals surface area (Å²) in [6.45, 7) is 2.63. The molecule has 3 heterocycles. The number of hydrogen-bond acceptors (Lipinski definition) is 5. The maximum atomic E-state index is 13.9. The lowest BCUT2D eigenvalue weighted by Gasteiger charge is -2.32. The lowest BCUT2D eigenvalue weighted by atomic mass is 9.94. The molecule has 1 saturated heterocycles. The van der Waals surface area contributed by atoms with E-state index in [1.807, 2.05) is 6.20 Å². The van der Waals surface area contributed by atoms with Crippen LogP contribution in [0.15, 0.2) is 49.1 Å². The number of H-pyrrole nitrogens is 1. The van der Waals surface area contributed by atoms with Gasteiger partial charge in [0, 0.05) is 37.3 Å². The van der Waals surface area contributed by atoms with Crippen molar-refractivity contribution in [2.24, 2.45) is 0 Å². The summed E-state index contributed by atoms with van der Waals surface area (Å²) in [6.07, 6.45) is 8.89. The summed E-state index contributed by atoms with van der Waals surface area (Å²) in [5, 5.41) is 0. The van der Waals surface area contributed by atoms with Crippen LogP contribution in [0.4, 0.5) is 4.39 Å². The fraction of sp³-hybridized carbons (Fsp3) is 0.316. The Hall–Kier alpha value is -2.80. The zero-order valence-corrected chi connectivity index (χ0v) is 14.3. The first kappa shape index (κ1) is 16.7. The summed E-state index contributed by atoms with van der Waals surface area (Å²) < 4.78 is 19.7. The number of halogens is 1. The molecule has 4 rings (SSSR count). The fourth-order valence-corrected chi connectivity index (χ4v) is 3.34. The van der Waals surface area contributed by atoms with Gasteiger partial charge in [-0.1, -0.05) is 12.1 Å². The summed E-state index contributed by atoms with van der Waals surface area (Å²) in [4.78, 5) is 18.6. The van der Waals surface area contributed by atoms with Crippen LogP contribution in [0.2, 0.25) is 0 Å². The Bertz CT molecular complexity index is 855. The maximum absolute atomic E-state index is 13.9. The van der Waals surface area contributed by atoms with Gasteiger partial charge in [-0.15, -0.1) is 0 Å². The number of ether oxygens (including phenoxy) is 1. The third kappa shape index (κ3) is 3.72. The summed E-state index contributed by atoms with van der Waals surface area (Å²) in [6, 6.07) is 6.34. The van der Waals surface area contributed by atoms with Crippen LogP contribution < -0.4 is 4.74 Å². The predicted molar refractivity (Wildman–Crippen MR) is 94.3 cm³/mol. The number of benzene rings is 1. The second-order valence-electron chi connectivity index (χ2n) is 6.39. The van der Waals surface area contributed by atoms with Crippen LogP contribution in [0.1, 0.15) is 30.3 Å². The van der Waals surface area contributed by atoms with E-state index in [0.717, 1.165) is 44.0 Å². The number of rotatable bonds is 5. The van der Waals surface area contributed by atoms with Gasteiger partial charge in [0.2, 0.25) is 5.88 Å². The molecule has 26 heavy (non-hydrogen) atoms. The number of aromatic nitrogens is 4. The number of likely N-dealkylation sites (tertiary alicyclic amines) is 1. The number of piperidine rings is 1. The Kier molecular flexibility index (Phi) is 4.88. The molecule has 0 amide bonds. The Labute approximate surface area is 151 Å². The summed E-state index contributed by atoms with van der Waals surface area (Å²) in [5.41, 5.74) is 0.778. The smallest absolute Gasteiger partial charge is 0.241 e. The van der Waals surface area contributed by atoms with Crippen molar-refractivity contribution < 1.29 is 9.13 Å². The van der Waals surface area contributed by atoms with Crippen LogP contribution in [0.5, 0.6) is 11.6 Å². The third-order valence-corrected chi connectivity index (χ3v) is 4.55. The van der Waals surface area contributed by atoms with Gasteiger partial charge in [0.1, 0.15) is 11.5 Å². The first-order valence-corrected chi connectivity index (χ1v) is 8.73. The lowest BCUT2D eigenvalue weighted by molar-refractivity contribution is 0.192. The van der Waals surface area contributed by atoms with Gasteiger partial charge in [-0.25, -0.2) is 14.4 Å². The van der Waals surface area contributed by atoms with Crippen LogP contribution in [0.3, 0.4) is 0 Å². The van der Waals surface area contributed by atoms with Crippen LogP contribution >= 0.6 is 0 Å². The molecule has 1 aliphatic heterocycles. The molecule has 1 unspecified atom stereocenters. The van der Waals surface area contributed by atoms with Gasteiger partial charge in [0.25, 0.3) is 0 Å². The molecule has 6 nitrogen and oxygen atoms in total. The van der Waals surface area contributed by atoms with E-state index in [4.69, 9.17) is 4.74 Å². The van der Waals surface area contributed by atoms with E-state index in [0.29, 0.717) is 5.88 Å². The molecule has 7 heteroatoms. The standard InChI is InChI=1S/C19H20FN5O/c20-15-5-1-2-6-16(15)26-19-18(23-9-10-24-19)14-4-3-11-25(12-14)13-17-21-7-8-22-17/h1-2,5-10,14H,3-4,11-13H2,(H,21,22). The summed E-state index contributed by atoms with van der Waals surface area (Å²) in [5.74, 6) is 1.27. The van der Waals surface area contributed by atoms with Crippen molar-refractivity contribution in [1.82, 2.24) is 24.8 Å². The van der Waals surface area contributed by atoms with Gasteiger partial charge in [0.05, 0.1) is 6.54 Å². The zero-order valence-electron chi connectivity index (χ0n) is 14.3. The van der Waals surface area contributed by atoms with E-state index in [-0.39, 0.29) is 11.7 Å². The minimum Gasteiger partial charge on any atom is -0.434 e. The topological polar surface area (TPSA) is 66.9 Å². The second-order valence-corrected chi connectivity index (χ2v) is 6.39. The number of hydrogen-bond donors (Lipinski definition) is 1. The second kappa shape index (κ2) is 7.61. The number of imidazole rings is 1. The first-order valence-electron chi connectivity index (χ1n) is 8.73. The van der Waals surface area contributed by atoms with Crippen molar-refractivity contribution in [2.75, 3.05) is 13.1 Å². The van der Waals surface area contributed by atoms with Crippen molar-refractivity contribution in [3.63, 3.8) is 0 Å². The van der Waals surface area contributed by atoms with Crippen molar-refractivity contribution >= 4 is 0 Å². The Morgan fingerprint density at radius 2 is 2.04 bits per heavy atom. The van der Waals surface area contributed by atoms with E-state index in [1.165, 1.54) is 6.07 Å². The Morgan fingerprint density at radius 3 is 2.88 bits per heavy atom. The fourth-order valence-electron chi connectivity index (χ4n) is 3.34. The Balaban J connectivity index is 1.53. The van der Waals surface area contributed by atoms with Crippen molar-refractivity contribution in [3.8, 4) is 11.6 Å². The van der Waals surface area contributed by atoms with Gasteiger partial charge in [0.15, 0.2) is 11.6 Å². The Morgan fingerprint density at radius 1 is 1.15 bits per heavy atom. The van der Waals surface area contributed by atoms with E-state index in [2.05, 4.69) is 24.8 Å². The highest BCUT2D eigenvalue weighted by molar-refractivity contribution is 5.32. The monoisotopic (exact) mass is 353 g/mol. The quantitative estimate of drug-likeness (QED) is 0.760. The van der Waals surface area contributed by atoms with Crippen LogP contribution in [-0.4, -0.2) is 37.9 Å². The van der Waals surface area contributed by atoms with Gasteiger partial charge in [-0.3, -0.25) is 9.88 Å². The average molecular weight is 353 g/mol. The molecule has 1 aromatic carbocycles. The lowest BCUT2D eigenvalue weighted by Crippen LogP contribution is -2.34. The molecule has 0 aliphatic carbocycles. The highest BCUT2D eigenvalue weighted by Crippen LogP contribution is 2.33. The van der Waals surface area contributed by atoms with E-state index < -0.39 is 5.82 Å². The molecular formula is C19H20FN5O. The number of para-hydroxylation sites is 1. The predicted octanol–water partition coefficient (Wildman–Crippen LogP) is 3.51. The highest BCUT2D eigenvalue weighted by Gasteiger charge is 2.26. The molecular weight excluding hydrogens is 333 g/mol.